The summed E-state index contributed by atoms with van der Waals surface area (Å²) in [5.74, 6) is 0. The molecule has 0 heterocycles. The van der Waals surface area contributed by atoms with E-state index >= 15 is 0 Å². The van der Waals surface area contributed by atoms with Crippen molar-refractivity contribution in [1.82, 2.24) is 0 Å². The number of hydrogen-bond acceptors (Lipinski definition) is 1. The number of aryl methyl sites for hydroxylation is 3. The van der Waals surface area contributed by atoms with Crippen LogP contribution in [-0.4, -0.2) is 6.54 Å². The topological polar surface area (TPSA) is 26.0 Å². The van der Waals surface area contributed by atoms with Crippen molar-refractivity contribution in [3.8, 4) is 0 Å². The summed E-state index contributed by atoms with van der Waals surface area (Å²) in [6, 6.07) is 6.94. The van der Waals surface area contributed by atoms with Crippen molar-refractivity contribution < 1.29 is 0 Å². The Bertz CT molecular complexity index is 353. The molecular weight excluding hydrogens is 206 g/mol. The molecule has 0 spiro atoms. The van der Waals surface area contributed by atoms with Crippen LogP contribution < -0.4 is 5.73 Å². The summed E-state index contributed by atoms with van der Waals surface area (Å²) in [7, 11) is 0. The molecule has 0 saturated heterocycles. The highest BCUT2D eigenvalue weighted by atomic mass is 14.6. The molecule has 0 bridgehead atoms. The van der Waals surface area contributed by atoms with E-state index in [1.165, 1.54) is 23.1 Å². The Balaban J connectivity index is 2.81. The molecule has 0 amide bonds. The molecule has 0 aromatic heterocycles. The highest BCUT2D eigenvalue weighted by Gasteiger charge is 2.16. The van der Waals surface area contributed by atoms with Crippen LogP contribution in [-0.2, 0) is 19.3 Å². The van der Waals surface area contributed by atoms with Gasteiger partial charge in [-0.25, -0.2) is 0 Å². The Morgan fingerprint density at radius 2 is 1.76 bits per heavy atom. The molecule has 1 aromatic carbocycles. The van der Waals surface area contributed by atoms with Crippen molar-refractivity contribution in [3.63, 3.8) is 0 Å². The van der Waals surface area contributed by atoms with Crippen LogP contribution in [0, 0.1) is 5.41 Å². The van der Waals surface area contributed by atoms with E-state index in [1.807, 2.05) is 0 Å². The molecule has 96 valence electrons. The van der Waals surface area contributed by atoms with Gasteiger partial charge in [0.1, 0.15) is 0 Å². The van der Waals surface area contributed by atoms with Crippen LogP contribution in [0.5, 0.6) is 0 Å². The molecule has 0 aliphatic rings. The molecule has 1 heteroatoms. The Hall–Kier alpha value is -0.820. The van der Waals surface area contributed by atoms with Gasteiger partial charge in [0, 0.05) is 0 Å². The molecule has 1 aromatic rings. The molecule has 0 fully saturated rings. The van der Waals surface area contributed by atoms with Gasteiger partial charge in [0.25, 0.3) is 0 Å². The number of benzene rings is 1. The number of nitrogens with two attached hydrogens (primary N) is 1. The minimum Gasteiger partial charge on any atom is -0.330 e. The van der Waals surface area contributed by atoms with Crippen molar-refractivity contribution in [1.29, 1.82) is 0 Å². The zero-order valence-corrected chi connectivity index (χ0v) is 11.8. The van der Waals surface area contributed by atoms with E-state index in [0.717, 1.165) is 25.8 Å². The SMILES string of the molecule is CCc1ccc(CC)c(CCC(C)(C)CN)c1. The van der Waals surface area contributed by atoms with Crippen molar-refractivity contribution in [2.75, 3.05) is 6.54 Å². The van der Waals surface area contributed by atoms with Gasteiger partial charge in [-0.3, -0.25) is 0 Å². The minimum atomic E-state index is 0.257. The van der Waals surface area contributed by atoms with Crippen LogP contribution in [0.1, 0.15) is 50.8 Å². The lowest BCUT2D eigenvalue weighted by molar-refractivity contribution is 0.347. The normalized spacial score (nSPS) is 11.8. The van der Waals surface area contributed by atoms with Crippen molar-refractivity contribution >= 4 is 0 Å². The molecule has 0 radical (unpaired) electrons. The van der Waals surface area contributed by atoms with Gasteiger partial charge in [0.05, 0.1) is 0 Å². The molecule has 0 atom stereocenters. The summed E-state index contributed by atoms with van der Waals surface area (Å²) >= 11 is 0. The summed E-state index contributed by atoms with van der Waals surface area (Å²) in [6.45, 7) is 9.72. The zero-order valence-electron chi connectivity index (χ0n) is 11.8. The van der Waals surface area contributed by atoms with E-state index in [-0.39, 0.29) is 5.41 Å². The highest BCUT2D eigenvalue weighted by molar-refractivity contribution is 5.32. The Labute approximate surface area is 106 Å². The Morgan fingerprint density at radius 1 is 1.06 bits per heavy atom. The fourth-order valence-corrected chi connectivity index (χ4v) is 2.05. The van der Waals surface area contributed by atoms with Crippen LogP contribution in [0.2, 0.25) is 0 Å². The second kappa shape index (κ2) is 6.20. The van der Waals surface area contributed by atoms with Gasteiger partial charge < -0.3 is 5.73 Å². The van der Waals surface area contributed by atoms with Crippen molar-refractivity contribution in [2.24, 2.45) is 11.1 Å². The van der Waals surface area contributed by atoms with Crippen LogP contribution >= 0.6 is 0 Å². The fourth-order valence-electron chi connectivity index (χ4n) is 2.05. The van der Waals surface area contributed by atoms with Crippen molar-refractivity contribution in [3.05, 3.63) is 34.9 Å². The first-order chi connectivity index (χ1) is 8.02. The molecule has 17 heavy (non-hydrogen) atoms. The molecule has 0 aliphatic carbocycles. The van der Waals surface area contributed by atoms with E-state index in [9.17, 15) is 0 Å². The van der Waals surface area contributed by atoms with E-state index in [2.05, 4.69) is 45.9 Å². The van der Waals surface area contributed by atoms with Gasteiger partial charge >= 0.3 is 0 Å². The van der Waals surface area contributed by atoms with Gasteiger partial charge in [0.15, 0.2) is 0 Å². The summed E-state index contributed by atoms with van der Waals surface area (Å²) in [5, 5.41) is 0. The summed E-state index contributed by atoms with van der Waals surface area (Å²) in [6.07, 6.45) is 4.57. The average molecular weight is 233 g/mol. The van der Waals surface area contributed by atoms with Crippen LogP contribution in [0.15, 0.2) is 18.2 Å². The first-order valence-electron chi connectivity index (χ1n) is 6.83. The van der Waals surface area contributed by atoms with Gasteiger partial charge in [-0.1, -0.05) is 45.9 Å². The van der Waals surface area contributed by atoms with Gasteiger partial charge in [-0.05, 0) is 54.3 Å². The quantitative estimate of drug-likeness (QED) is 0.796. The maximum Gasteiger partial charge on any atom is -0.00257 e. The second-order valence-electron chi connectivity index (χ2n) is 5.68. The van der Waals surface area contributed by atoms with Gasteiger partial charge in [-0.2, -0.15) is 0 Å². The number of rotatable bonds is 6. The third-order valence-corrected chi connectivity index (χ3v) is 3.68. The monoisotopic (exact) mass is 233 g/mol. The second-order valence-corrected chi connectivity index (χ2v) is 5.68. The lowest BCUT2D eigenvalue weighted by Crippen LogP contribution is -2.24. The fraction of sp³-hybridized carbons (Fsp3) is 0.625. The van der Waals surface area contributed by atoms with Gasteiger partial charge in [-0.15, -0.1) is 0 Å². The van der Waals surface area contributed by atoms with E-state index in [1.54, 1.807) is 0 Å². The third-order valence-electron chi connectivity index (χ3n) is 3.68. The average Bonchev–Trinajstić information content (AvgIpc) is 2.36. The first-order valence-corrected chi connectivity index (χ1v) is 6.83. The zero-order chi connectivity index (χ0) is 12.9. The molecular formula is C16H27N. The Kier molecular flexibility index (Phi) is 5.20. The predicted molar refractivity (Wildman–Crippen MR) is 76.4 cm³/mol. The smallest absolute Gasteiger partial charge is 0.00257 e. The maximum absolute atomic E-state index is 5.80. The highest BCUT2D eigenvalue weighted by Crippen LogP contribution is 2.23. The van der Waals surface area contributed by atoms with Crippen molar-refractivity contribution in [2.45, 2.75) is 53.4 Å². The molecule has 0 unspecified atom stereocenters. The minimum absolute atomic E-state index is 0.257. The molecule has 1 nitrogen and oxygen atoms in total. The van der Waals surface area contributed by atoms with Crippen LogP contribution in [0.4, 0.5) is 0 Å². The molecule has 1 rings (SSSR count). The third kappa shape index (κ3) is 4.16. The summed E-state index contributed by atoms with van der Waals surface area (Å²) in [4.78, 5) is 0. The molecule has 2 N–H and O–H groups in total. The predicted octanol–water partition coefficient (Wildman–Crippen LogP) is 3.73. The Morgan fingerprint density at radius 3 is 2.29 bits per heavy atom. The summed E-state index contributed by atoms with van der Waals surface area (Å²) in [5.41, 5.74) is 10.5. The lowest BCUT2D eigenvalue weighted by Gasteiger charge is -2.23. The summed E-state index contributed by atoms with van der Waals surface area (Å²) < 4.78 is 0. The molecule has 0 aliphatic heterocycles. The maximum atomic E-state index is 5.80. The number of hydrogen-bond donors (Lipinski definition) is 1. The van der Waals surface area contributed by atoms with E-state index in [0.29, 0.717) is 0 Å². The van der Waals surface area contributed by atoms with E-state index < -0.39 is 0 Å². The standard InChI is InChI=1S/C16H27N/c1-5-13-7-8-14(6-2)15(11-13)9-10-16(3,4)12-17/h7-8,11H,5-6,9-10,12,17H2,1-4H3. The van der Waals surface area contributed by atoms with Crippen LogP contribution in [0.25, 0.3) is 0 Å². The van der Waals surface area contributed by atoms with Gasteiger partial charge in [0.2, 0.25) is 0 Å². The lowest BCUT2D eigenvalue weighted by atomic mass is 9.85. The first kappa shape index (κ1) is 14.2. The van der Waals surface area contributed by atoms with E-state index in [4.69, 9.17) is 5.73 Å². The van der Waals surface area contributed by atoms with Crippen LogP contribution in [0.3, 0.4) is 0 Å². The largest absolute Gasteiger partial charge is 0.330 e. The molecule has 0 saturated carbocycles.